The standard InChI is InChI=1S/C21H28O/c1-3-21-9-8-13-10-14-12-20(2)17(6-7-18(20)22)16(19(14)21)5-4-15(21)11-13/h3,11,13-14,16-17,19H,1,4-10,12H2,2H3/t13?,14?,16-,17-,19?,20-,21-/m0/s1. The van der Waals surface area contributed by atoms with Crippen molar-refractivity contribution < 1.29 is 4.79 Å². The highest BCUT2D eigenvalue weighted by Gasteiger charge is 2.63. The fourth-order valence-corrected chi connectivity index (χ4v) is 7.80. The van der Waals surface area contributed by atoms with Crippen molar-refractivity contribution >= 4 is 5.78 Å². The van der Waals surface area contributed by atoms with Crippen LogP contribution in [0.3, 0.4) is 0 Å². The number of rotatable bonds is 1. The van der Waals surface area contributed by atoms with Gasteiger partial charge in [0.25, 0.3) is 0 Å². The largest absolute Gasteiger partial charge is 0.299 e. The summed E-state index contributed by atoms with van der Waals surface area (Å²) in [7, 11) is 0. The molecule has 4 bridgehead atoms. The quantitative estimate of drug-likeness (QED) is 0.627. The second-order valence-electron chi connectivity index (χ2n) is 9.15. The summed E-state index contributed by atoms with van der Waals surface area (Å²) in [4.78, 5) is 12.7. The Bertz CT molecular complexity index is 587. The maximum atomic E-state index is 12.7. The lowest BCUT2D eigenvalue weighted by Crippen LogP contribution is -2.53. The van der Waals surface area contributed by atoms with Crippen molar-refractivity contribution in [1.82, 2.24) is 0 Å². The minimum absolute atomic E-state index is 0.00940. The fourth-order valence-electron chi connectivity index (χ4n) is 7.80. The minimum atomic E-state index is 0.00940. The van der Waals surface area contributed by atoms with E-state index in [1.54, 1.807) is 5.57 Å². The van der Waals surface area contributed by atoms with E-state index in [2.05, 4.69) is 25.7 Å². The van der Waals surface area contributed by atoms with Crippen molar-refractivity contribution in [1.29, 1.82) is 0 Å². The number of fused-ring (bicyclic) bond motifs is 3. The zero-order valence-corrected chi connectivity index (χ0v) is 13.8. The number of carbonyl (C=O) groups excluding carboxylic acids is 1. The van der Waals surface area contributed by atoms with E-state index in [0.717, 1.165) is 30.1 Å². The Labute approximate surface area is 134 Å². The summed E-state index contributed by atoms with van der Waals surface area (Å²) in [5.74, 6) is 4.36. The summed E-state index contributed by atoms with van der Waals surface area (Å²) in [5, 5.41) is 0. The van der Waals surface area contributed by atoms with Gasteiger partial charge in [-0.25, -0.2) is 0 Å². The maximum absolute atomic E-state index is 12.7. The normalized spacial score (nSPS) is 55.4. The van der Waals surface area contributed by atoms with Gasteiger partial charge in [0.1, 0.15) is 5.78 Å². The van der Waals surface area contributed by atoms with Crippen molar-refractivity contribution in [3.8, 4) is 0 Å². The van der Waals surface area contributed by atoms with Crippen LogP contribution in [0.2, 0.25) is 0 Å². The van der Waals surface area contributed by atoms with Crippen molar-refractivity contribution in [3.05, 3.63) is 24.3 Å². The molecule has 0 aromatic rings. The minimum Gasteiger partial charge on any atom is -0.299 e. The van der Waals surface area contributed by atoms with Gasteiger partial charge in [0.05, 0.1) is 0 Å². The highest BCUT2D eigenvalue weighted by molar-refractivity contribution is 5.87. The van der Waals surface area contributed by atoms with Gasteiger partial charge in [-0.1, -0.05) is 24.6 Å². The van der Waals surface area contributed by atoms with E-state index < -0.39 is 0 Å². The van der Waals surface area contributed by atoms with Gasteiger partial charge in [-0.2, -0.15) is 0 Å². The first kappa shape index (κ1) is 13.6. The molecule has 0 radical (unpaired) electrons. The van der Waals surface area contributed by atoms with Crippen LogP contribution < -0.4 is 0 Å². The molecular formula is C21H28O. The summed E-state index contributed by atoms with van der Waals surface area (Å²) in [6.45, 7) is 6.63. The second-order valence-corrected chi connectivity index (χ2v) is 9.15. The van der Waals surface area contributed by atoms with Gasteiger partial charge >= 0.3 is 0 Å². The molecule has 6 aliphatic rings. The first-order valence-electron chi connectivity index (χ1n) is 9.46. The van der Waals surface area contributed by atoms with Crippen LogP contribution in [-0.4, -0.2) is 5.78 Å². The zero-order chi connectivity index (χ0) is 15.1. The van der Waals surface area contributed by atoms with Gasteiger partial charge < -0.3 is 0 Å². The van der Waals surface area contributed by atoms with Gasteiger partial charge in [-0.15, -0.1) is 6.58 Å². The molecule has 4 fully saturated rings. The first-order valence-corrected chi connectivity index (χ1v) is 9.46. The molecule has 22 heavy (non-hydrogen) atoms. The van der Waals surface area contributed by atoms with E-state index in [4.69, 9.17) is 0 Å². The highest BCUT2D eigenvalue weighted by Crippen LogP contribution is 2.69. The molecule has 1 heteroatoms. The summed E-state index contributed by atoms with van der Waals surface area (Å²) in [6, 6.07) is 0. The smallest absolute Gasteiger partial charge is 0.139 e. The van der Waals surface area contributed by atoms with Crippen molar-refractivity contribution in [3.63, 3.8) is 0 Å². The highest BCUT2D eigenvalue weighted by atomic mass is 16.1. The molecule has 0 amide bonds. The molecule has 1 nitrogen and oxygen atoms in total. The number of hydrogen-bond donors (Lipinski definition) is 0. The zero-order valence-electron chi connectivity index (χ0n) is 13.8. The van der Waals surface area contributed by atoms with Crippen LogP contribution in [0.15, 0.2) is 24.3 Å². The monoisotopic (exact) mass is 296 g/mol. The van der Waals surface area contributed by atoms with Crippen molar-refractivity contribution in [2.24, 2.45) is 40.4 Å². The third-order valence-electron chi connectivity index (χ3n) is 8.59. The van der Waals surface area contributed by atoms with Crippen molar-refractivity contribution in [2.45, 2.75) is 58.3 Å². The molecule has 6 rings (SSSR count). The van der Waals surface area contributed by atoms with Crippen LogP contribution >= 0.6 is 0 Å². The number of carbonyl (C=O) groups is 1. The Kier molecular flexibility index (Phi) is 2.57. The van der Waals surface area contributed by atoms with Crippen LogP contribution in [0, 0.1) is 40.4 Å². The molecule has 4 saturated carbocycles. The Morgan fingerprint density at radius 3 is 2.95 bits per heavy atom. The van der Waals surface area contributed by atoms with Gasteiger partial charge in [-0.05, 0) is 74.5 Å². The van der Waals surface area contributed by atoms with E-state index >= 15 is 0 Å². The predicted molar refractivity (Wildman–Crippen MR) is 88.2 cm³/mol. The first-order chi connectivity index (χ1) is 10.6. The number of allylic oxidation sites excluding steroid dienone is 3. The lowest BCUT2D eigenvalue weighted by molar-refractivity contribution is -0.135. The van der Waals surface area contributed by atoms with Crippen LogP contribution in [0.5, 0.6) is 0 Å². The fraction of sp³-hybridized carbons (Fsp3) is 0.762. The molecule has 0 N–H and O–H groups in total. The maximum Gasteiger partial charge on any atom is 0.139 e. The molecule has 7 atom stereocenters. The molecule has 0 spiro atoms. The van der Waals surface area contributed by atoms with E-state index in [1.165, 1.54) is 44.9 Å². The molecule has 0 aliphatic heterocycles. The third-order valence-corrected chi connectivity index (χ3v) is 8.59. The van der Waals surface area contributed by atoms with Crippen LogP contribution in [-0.2, 0) is 4.79 Å². The van der Waals surface area contributed by atoms with Crippen LogP contribution in [0.1, 0.15) is 58.3 Å². The summed E-state index contributed by atoms with van der Waals surface area (Å²) >= 11 is 0. The number of hydrogen-bond acceptors (Lipinski definition) is 1. The summed E-state index contributed by atoms with van der Waals surface area (Å²) in [6.07, 6.45) is 14.8. The van der Waals surface area contributed by atoms with Gasteiger partial charge in [0.2, 0.25) is 0 Å². The SMILES string of the molecule is C=C[C@]12CCC3C=C1CC[C@@H]1C2C(C3)C[C@]2(C)C(=O)CC[C@@H]12. The second kappa shape index (κ2) is 4.16. The predicted octanol–water partition coefficient (Wildman–Crippen LogP) is 4.93. The lowest BCUT2D eigenvalue weighted by atomic mass is 9.45. The Hall–Kier alpha value is -0.850. The molecular weight excluding hydrogens is 268 g/mol. The van der Waals surface area contributed by atoms with E-state index in [9.17, 15) is 4.79 Å². The Morgan fingerprint density at radius 1 is 1.27 bits per heavy atom. The lowest BCUT2D eigenvalue weighted by Gasteiger charge is -2.58. The molecule has 0 aromatic heterocycles. The molecule has 0 heterocycles. The molecule has 118 valence electrons. The van der Waals surface area contributed by atoms with Crippen molar-refractivity contribution in [2.75, 3.05) is 0 Å². The molecule has 0 saturated heterocycles. The average molecular weight is 296 g/mol. The van der Waals surface area contributed by atoms with Gasteiger partial charge in [0.15, 0.2) is 0 Å². The van der Waals surface area contributed by atoms with E-state index in [1.807, 2.05) is 0 Å². The summed E-state index contributed by atoms with van der Waals surface area (Å²) < 4.78 is 0. The van der Waals surface area contributed by atoms with E-state index in [-0.39, 0.29) is 5.41 Å². The van der Waals surface area contributed by atoms with Gasteiger partial charge in [0, 0.05) is 17.3 Å². The molecule has 3 unspecified atom stereocenters. The average Bonchev–Trinajstić information content (AvgIpc) is 2.68. The van der Waals surface area contributed by atoms with Crippen LogP contribution in [0.4, 0.5) is 0 Å². The Balaban J connectivity index is 1.68. The third kappa shape index (κ3) is 1.40. The number of Topliss-reactive ketones (excluding diaryl/α,β-unsaturated/α-hetero) is 1. The molecule has 6 aliphatic carbocycles. The Morgan fingerprint density at radius 2 is 2.14 bits per heavy atom. The summed E-state index contributed by atoms with van der Waals surface area (Å²) in [5.41, 5.74) is 2.04. The van der Waals surface area contributed by atoms with Crippen LogP contribution in [0.25, 0.3) is 0 Å². The van der Waals surface area contributed by atoms with E-state index in [0.29, 0.717) is 17.1 Å². The molecule has 0 aromatic carbocycles. The van der Waals surface area contributed by atoms with Gasteiger partial charge in [-0.3, -0.25) is 4.79 Å². The number of ketones is 1. The topological polar surface area (TPSA) is 17.1 Å².